The first kappa shape index (κ1) is 13.1. The van der Waals surface area contributed by atoms with E-state index in [0.29, 0.717) is 5.56 Å². The number of aromatic carboxylic acids is 1. The lowest BCUT2D eigenvalue weighted by Gasteiger charge is -2.30. The summed E-state index contributed by atoms with van der Waals surface area (Å²) in [5.41, 5.74) is 3.71. The van der Waals surface area contributed by atoms with E-state index in [1.807, 2.05) is 13.0 Å². The Balaban J connectivity index is 1.88. The third-order valence-corrected chi connectivity index (χ3v) is 4.49. The highest BCUT2D eigenvalue weighted by molar-refractivity contribution is 7.09. The number of hydrogen-bond acceptors (Lipinski definition) is 4. The molecule has 0 fully saturated rings. The van der Waals surface area contributed by atoms with Crippen LogP contribution in [-0.4, -0.2) is 22.6 Å². The minimum atomic E-state index is -0.861. The molecule has 104 valence electrons. The minimum absolute atomic E-state index is 0.371. The normalized spacial score (nSPS) is 14.2. The van der Waals surface area contributed by atoms with Gasteiger partial charge in [-0.05, 0) is 43.5 Å². The first-order chi connectivity index (χ1) is 9.63. The third kappa shape index (κ3) is 2.54. The van der Waals surface area contributed by atoms with Gasteiger partial charge in [0.1, 0.15) is 5.01 Å². The number of fused-ring (bicyclic) bond motifs is 1. The molecule has 0 saturated heterocycles. The van der Waals surface area contributed by atoms with Crippen LogP contribution in [0.15, 0.2) is 23.6 Å². The fourth-order valence-corrected chi connectivity index (χ4v) is 3.40. The largest absolute Gasteiger partial charge is 0.478 e. The molecule has 1 aromatic heterocycles. The number of thiazole rings is 1. The standard InChI is InChI=1S/C15H16N2O2S/c1-10-9-20-14(16-10)8-17-6-2-3-11-7-12(15(18)19)4-5-13(11)17/h4-5,7,9H,2-3,6,8H2,1H3,(H,18,19). The van der Waals surface area contributed by atoms with Crippen LogP contribution in [0.5, 0.6) is 0 Å². The molecule has 1 aliphatic rings. The van der Waals surface area contributed by atoms with Crippen molar-refractivity contribution in [1.82, 2.24) is 4.98 Å². The summed E-state index contributed by atoms with van der Waals surface area (Å²) >= 11 is 1.68. The summed E-state index contributed by atoms with van der Waals surface area (Å²) in [5, 5.41) is 12.2. The van der Waals surface area contributed by atoms with Crippen molar-refractivity contribution >= 4 is 23.0 Å². The molecule has 0 saturated carbocycles. The molecule has 5 heteroatoms. The molecule has 1 aromatic carbocycles. The molecule has 0 unspecified atom stereocenters. The maximum atomic E-state index is 11.0. The Morgan fingerprint density at radius 2 is 2.35 bits per heavy atom. The van der Waals surface area contributed by atoms with E-state index >= 15 is 0 Å². The number of aryl methyl sites for hydroxylation is 2. The lowest BCUT2D eigenvalue weighted by molar-refractivity contribution is 0.0697. The van der Waals surface area contributed by atoms with Crippen molar-refractivity contribution in [3.05, 3.63) is 45.4 Å². The fraction of sp³-hybridized carbons (Fsp3) is 0.333. The van der Waals surface area contributed by atoms with E-state index < -0.39 is 5.97 Å². The number of hydrogen-bond donors (Lipinski definition) is 1. The van der Waals surface area contributed by atoms with Gasteiger partial charge in [0, 0.05) is 23.3 Å². The summed E-state index contributed by atoms with van der Waals surface area (Å²) in [5.74, 6) is -0.861. The van der Waals surface area contributed by atoms with Crippen LogP contribution >= 0.6 is 11.3 Å². The predicted molar refractivity (Wildman–Crippen MR) is 79.6 cm³/mol. The summed E-state index contributed by atoms with van der Waals surface area (Å²) in [6.45, 7) is 3.80. The van der Waals surface area contributed by atoms with Crippen LogP contribution in [0.1, 0.15) is 33.0 Å². The van der Waals surface area contributed by atoms with Crippen LogP contribution < -0.4 is 4.90 Å². The smallest absolute Gasteiger partial charge is 0.335 e. The van der Waals surface area contributed by atoms with E-state index in [2.05, 4.69) is 15.3 Å². The van der Waals surface area contributed by atoms with Gasteiger partial charge in [-0.3, -0.25) is 0 Å². The van der Waals surface area contributed by atoms with Crippen molar-refractivity contribution in [2.45, 2.75) is 26.3 Å². The Bertz CT molecular complexity index is 651. The lowest BCUT2D eigenvalue weighted by atomic mass is 9.99. The van der Waals surface area contributed by atoms with Gasteiger partial charge in [0.15, 0.2) is 0 Å². The number of rotatable bonds is 3. The highest BCUT2D eigenvalue weighted by Gasteiger charge is 2.19. The van der Waals surface area contributed by atoms with Gasteiger partial charge >= 0.3 is 5.97 Å². The van der Waals surface area contributed by atoms with Gasteiger partial charge < -0.3 is 10.0 Å². The molecule has 2 aromatic rings. The van der Waals surface area contributed by atoms with E-state index in [1.165, 1.54) is 0 Å². The van der Waals surface area contributed by atoms with Crippen molar-refractivity contribution in [3.8, 4) is 0 Å². The van der Waals surface area contributed by atoms with Gasteiger partial charge in [-0.15, -0.1) is 11.3 Å². The highest BCUT2D eigenvalue weighted by atomic mass is 32.1. The van der Waals surface area contributed by atoms with Crippen molar-refractivity contribution in [3.63, 3.8) is 0 Å². The highest BCUT2D eigenvalue weighted by Crippen LogP contribution is 2.29. The first-order valence-corrected chi connectivity index (χ1v) is 7.53. The molecule has 0 bridgehead atoms. The molecule has 3 rings (SSSR count). The van der Waals surface area contributed by atoms with Crippen LogP contribution in [0.4, 0.5) is 5.69 Å². The zero-order chi connectivity index (χ0) is 14.1. The van der Waals surface area contributed by atoms with E-state index in [1.54, 1.807) is 23.5 Å². The van der Waals surface area contributed by atoms with Crippen molar-refractivity contribution in [2.24, 2.45) is 0 Å². The number of aromatic nitrogens is 1. The molecule has 0 spiro atoms. The fourth-order valence-electron chi connectivity index (χ4n) is 2.61. The second-order valence-electron chi connectivity index (χ2n) is 5.06. The van der Waals surface area contributed by atoms with Gasteiger partial charge in [0.05, 0.1) is 12.1 Å². The monoisotopic (exact) mass is 288 g/mol. The molecule has 0 radical (unpaired) electrons. The molecule has 0 atom stereocenters. The van der Waals surface area contributed by atoms with E-state index in [9.17, 15) is 4.79 Å². The predicted octanol–water partition coefficient (Wildman–Crippen LogP) is 3.10. The Labute approximate surface area is 121 Å². The molecule has 1 aliphatic heterocycles. The summed E-state index contributed by atoms with van der Waals surface area (Å²) in [7, 11) is 0. The maximum absolute atomic E-state index is 11.0. The molecule has 20 heavy (non-hydrogen) atoms. The molecule has 4 nitrogen and oxygen atoms in total. The van der Waals surface area contributed by atoms with Gasteiger partial charge in [-0.25, -0.2) is 9.78 Å². The summed E-state index contributed by atoms with van der Waals surface area (Å²) in [6, 6.07) is 5.42. The third-order valence-electron chi connectivity index (χ3n) is 3.53. The number of carbonyl (C=O) groups is 1. The second kappa shape index (κ2) is 5.25. The zero-order valence-corrected chi connectivity index (χ0v) is 12.1. The SMILES string of the molecule is Cc1csc(CN2CCCc3cc(C(=O)O)ccc32)n1. The second-order valence-corrected chi connectivity index (χ2v) is 6.00. The number of carboxylic acid groups (broad SMARTS) is 1. The van der Waals surface area contributed by atoms with E-state index in [-0.39, 0.29) is 0 Å². The zero-order valence-electron chi connectivity index (χ0n) is 11.3. The van der Waals surface area contributed by atoms with Gasteiger partial charge in [-0.1, -0.05) is 0 Å². The minimum Gasteiger partial charge on any atom is -0.478 e. The number of benzene rings is 1. The van der Waals surface area contributed by atoms with Crippen LogP contribution in [-0.2, 0) is 13.0 Å². The molecule has 1 N–H and O–H groups in total. The van der Waals surface area contributed by atoms with Crippen LogP contribution in [0.2, 0.25) is 0 Å². The summed E-state index contributed by atoms with van der Waals surface area (Å²) in [6.07, 6.45) is 2.00. The van der Waals surface area contributed by atoms with Crippen LogP contribution in [0.3, 0.4) is 0 Å². The van der Waals surface area contributed by atoms with Gasteiger partial charge in [0.2, 0.25) is 0 Å². The molecular formula is C15H16N2O2S. The average molecular weight is 288 g/mol. The molecular weight excluding hydrogens is 272 g/mol. The van der Waals surface area contributed by atoms with E-state index in [0.717, 1.165) is 47.9 Å². The van der Waals surface area contributed by atoms with E-state index in [4.69, 9.17) is 5.11 Å². The Morgan fingerprint density at radius 1 is 1.50 bits per heavy atom. The topological polar surface area (TPSA) is 53.4 Å². The summed E-state index contributed by atoms with van der Waals surface area (Å²) in [4.78, 5) is 17.8. The van der Waals surface area contributed by atoms with Crippen molar-refractivity contribution < 1.29 is 9.90 Å². The van der Waals surface area contributed by atoms with Crippen molar-refractivity contribution in [2.75, 3.05) is 11.4 Å². The average Bonchev–Trinajstić information content (AvgIpc) is 2.84. The quantitative estimate of drug-likeness (QED) is 0.943. The van der Waals surface area contributed by atoms with Crippen molar-refractivity contribution in [1.29, 1.82) is 0 Å². The summed E-state index contributed by atoms with van der Waals surface area (Å²) < 4.78 is 0. The number of carboxylic acids is 1. The Hall–Kier alpha value is -1.88. The first-order valence-electron chi connectivity index (χ1n) is 6.65. The Kier molecular flexibility index (Phi) is 3.44. The Morgan fingerprint density at radius 3 is 3.05 bits per heavy atom. The van der Waals surface area contributed by atoms with Crippen LogP contribution in [0, 0.1) is 6.92 Å². The van der Waals surface area contributed by atoms with Crippen LogP contribution in [0.25, 0.3) is 0 Å². The lowest BCUT2D eigenvalue weighted by Crippen LogP contribution is -2.29. The number of nitrogens with zero attached hydrogens (tertiary/aromatic N) is 2. The number of anilines is 1. The molecule has 0 aliphatic carbocycles. The molecule has 2 heterocycles. The molecule has 0 amide bonds. The van der Waals surface area contributed by atoms with Gasteiger partial charge in [0.25, 0.3) is 0 Å². The van der Waals surface area contributed by atoms with Gasteiger partial charge in [-0.2, -0.15) is 0 Å². The maximum Gasteiger partial charge on any atom is 0.335 e.